The lowest BCUT2D eigenvalue weighted by Gasteiger charge is -2.35. The molecule has 0 amide bonds. The molecule has 0 aliphatic carbocycles. The third-order valence-corrected chi connectivity index (χ3v) is 2.82. The Morgan fingerprint density at radius 2 is 2.06 bits per heavy atom. The molecule has 2 atom stereocenters. The third kappa shape index (κ3) is 3.52. The van der Waals surface area contributed by atoms with E-state index in [2.05, 4.69) is 28.7 Å². The molecule has 2 heterocycles. The molecule has 2 unspecified atom stereocenters. The number of ether oxygens (including phenoxy) is 1. The van der Waals surface area contributed by atoms with Crippen molar-refractivity contribution in [2.24, 2.45) is 0 Å². The molecule has 6 heteroatoms. The SMILES string of the molecule is CC1CN(Cc2cc(N)nc(Cl)n2)CC(C)O1. The van der Waals surface area contributed by atoms with Gasteiger partial charge in [0, 0.05) is 25.7 Å². The van der Waals surface area contributed by atoms with E-state index in [-0.39, 0.29) is 17.5 Å². The first-order valence-corrected chi connectivity index (χ1v) is 6.07. The highest BCUT2D eigenvalue weighted by Gasteiger charge is 2.22. The van der Waals surface area contributed by atoms with Gasteiger partial charge >= 0.3 is 0 Å². The summed E-state index contributed by atoms with van der Waals surface area (Å²) in [4.78, 5) is 10.3. The number of halogens is 1. The van der Waals surface area contributed by atoms with Crippen LogP contribution in [-0.2, 0) is 11.3 Å². The van der Waals surface area contributed by atoms with Gasteiger partial charge in [0.1, 0.15) is 5.82 Å². The van der Waals surface area contributed by atoms with Crippen molar-refractivity contribution in [3.05, 3.63) is 17.0 Å². The smallest absolute Gasteiger partial charge is 0.224 e. The van der Waals surface area contributed by atoms with E-state index in [1.807, 2.05) is 0 Å². The molecule has 0 radical (unpaired) electrons. The predicted octanol–water partition coefficient (Wildman–Crippen LogP) is 1.32. The monoisotopic (exact) mass is 256 g/mol. The Bertz CT molecular complexity index is 371. The van der Waals surface area contributed by atoms with Crippen molar-refractivity contribution in [2.75, 3.05) is 18.8 Å². The summed E-state index contributed by atoms with van der Waals surface area (Å²) in [5.74, 6) is 0.411. The van der Waals surface area contributed by atoms with Gasteiger partial charge in [-0.2, -0.15) is 0 Å². The van der Waals surface area contributed by atoms with Gasteiger partial charge in [-0.15, -0.1) is 0 Å². The average Bonchev–Trinajstić information content (AvgIpc) is 2.13. The van der Waals surface area contributed by atoms with Crippen LogP contribution in [0.5, 0.6) is 0 Å². The zero-order chi connectivity index (χ0) is 12.4. The molecule has 94 valence electrons. The highest BCUT2D eigenvalue weighted by atomic mass is 35.5. The molecule has 0 saturated carbocycles. The Kier molecular flexibility index (Phi) is 3.81. The van der Waals surface area contributed by atoms with Crippen LogP contribution in [0.4, 0.5) is 5.82 Å². The van der Waals surface area contributed by atoms with Gasteiger partial charge in [-0.1, -0.05) is 0 Å². The number of hydrogen-bond donors (Lipinski definition) is 1. The van der Waals surface area contributed by atoms with Crippen LogP contribution in [0.25, 0.3) is 0 Å². The van der Waals surface area contributed by atoms with Crippen molar-refractivity contribution >= 4 is 17.4 Å². The van der Waals surface area contributed by atoms with Gasteiger partial charge in [0.2, 0.25) is 5.28 Å². The summed E-state index contributed by atoms with van der Waals surface area (Å²) in [6.45, 7) is 6.66. The second kappa shape index (κ2) is 5.16. The van der Waals surface area contributed by atoms with E-state index in [0.717, 1.165) is 25.3 Å². The Balaban J connectivity index is 2.04. The number of nitrogens with two attached hydrogens (primary N) is 1. The fraction of sp³-hybridized carbons (Fsp3) is 0.636. The van der Waals surface area contributed by atoms with Crippen LogP contribution in [0.3, 0.4) is 0 Å². The molecule has 2 N–H and O–H groups in total. The lowest BCUT2D eigenvalue weighted by Crippen LogP contribution is -2.44. The van der Waals surface area contributed by atoms with Crippen LogP contribution >= 0.6 is 11.6 Å². The second-order valence-electron chi connectivity index (χ2n) is 4.50. The van der Waals surface area contributed by atoms with Crippen molar-refractivity contribution in [3.63, 3.8) is 0 Å². The van der Waals surface area contributed by atoms with Crippen LogP contribution in [0.15, 0.2) is 6.07 Å². The molecule has 1 saturated heterocycles. The molecule has 1 aromatic rings. The maximum Gasteiger partial charge on any atom is 0.224 e. The molecule has 1 aliphatic heterocycles. The van der Waals surface area contributed by atoms with Crippen molar-refractivity contribution in [1.82, 2.24) is 14.9 Å². The minimum atomic E-state index is 0.203. The summed E-state index contributed by atoms with van der Waals surface area (Å²) >= 11 is 5.78. The Morgan fingerprint density at radius 1 is 1.41 bits per heavy atom. The largest absolute Gasteiger partial charge is 0.384 e. The number of hydrogen-bond acceptors (Lipinski definition) is 5. The van der Waals surface area contributed by atoms with Gasteiger partial charge in [-0.25, -0.2) is 9.97 Å². The number of anilines is 1. The highest BCUT2D eigenvalue weighted by molar-refractivity contribution is 6.28. The molecule has 17 heavy (non-hydrogen) atoms. The number of nitrogens with zero attached hydrogens (tertiary/aromatic N) is 3. The molecule has 0 aromatic carbocycles. The van der Waals surface area contributed by atoms with Crippen molar-refractivity contribution in [2.45, 2.75) is 32.6 Å². The number of rotatable bonds is 2. The first-order chi connectivity index (χ1) is 8.02. The Labute approximate surface area is 106 Å². The van der Waals surface area contributed by atoms with Crippen LogP contribution in [0, 0.1) is 0 Å². The fourth-order valence-corrected chi connectivity index (χ4v) is 2.42. The lowest BCUT2D eigenvalue weighted by molar-refractivity contribution is -0.0707. The maximum atomic E-state index is 5.78. The zero-order valence-electron chi connectivity index (χ0n) is 10.1. The highest BCUT2D eigenvalue weighted by Crippen LogP contribution is 2.15. The molecular weight excluding hydrogens is 240 g/mol. The van der Waals surface area contributed by atoms with Crippen LogP contribution in [0.2, 0.25) is 5.28 Å². The minimum absolute atomic E-state index is 0.203. The van der Waals surface area contributed by atoms with Gasteiger partial charge in [0.05, 0.1) is 17.9 Å². The van der Waals surface area contributed by atoms with E-state index in [9.17, 15) is 0 Å². The van der Waals surface area contributed by atoms with Gasteiger partial charge in [-0.3, -0.25) is 4.90 Å². The molecule has 1 aliphatic rings. The Morgan fingerprint density at radius 3 is 2.65 bits per heavy atom. The molecule has 0 bridgehead atoms. The normalized spacial score (nSPS) is 26.1. The number of morpholine rings is 1. The molecular formula is C11H17ClN4O. The average molecular weight is 257 g/mol. The minimum Gasteiger partial charge on any atom is -0.384 e. The summed E-state index contributed by atoms with van der Waals surface area (Å²) in [6.07, 6.45) is 0.488. The third-order valence-electron chi connectivity index (χ3n) is 2.65. The van der Waals surface area contributed by atoms with Crippen LogP contribution in [0.1, 0.15) is 19.5 Å². The summed E-state index contributed by atoms with van der Waals surface area (Å²) in [5, 5.41) is 0.203. The standard InChI is InChI=1S/C11H17ClN4O/c1-7-4-16(5-8(2)17-7)6-9-3-10(13)15-11(12)14-9/h3,7-8H,4-6H2,1-2H3,(H2,13,14,15). The van der Waals surface area contributed by atoms with Gasteiger partial charge in [0.25, 0.3) is 0 Å². The van der Waals surface area contributed by atoms with E-state index >= 15 is 0 Å². The van der Waals surface area contributed by atoms with Crippen molar-refractivity contribution < 1.29 is 4.74 Å². The van der Waals surface area contributed by atoms with E-state index < -0.39 is 0 Å². The van der Waals surface area contributed by atoms with E-state index in [4.69, 9.17) is 22.1 Å². The lowest BCUT2D eigenvalue weighted by atomic mass is 10.2. The van der Waals surface area contributed by atoms with Gasteiger partial charge in [0.15, 0.2) is 0 Å². The zero-order valence-corrected chi connectivity index (χ0v) is 10.8. The van der Waals surface area contributed by atoms with E-state index in [1.165, 1.54) is 0 Å². The van der Waals surface area contributed by atoms with E-state index in [1.54, 1.807) is 6.07 Å². The summed E-state index contributed by atoms with van der Waals surface area (Å²) < 4.78 is 5.68. The maximum absolute atomic E-state index is 5.78. The van der Waals surface area contributed by atoms with E-state index in [0.29, 0.717) is 5.82 Å². The van der Waals surface area contributed by atoms with Crippen molar-refractivity contribution in [3.8, 4) is 0 Å². The number of nitrogen functional groups attached to an aromatic ring is 1. The number of aromatic nitrogens is 2. The second-order valence-corrected chi connectivity index (χ2v) is 4.84. The van der Waals surface area contributed by atoms with Gasteiger partial charge < -0.3 is 10.5 Å². The fourth-order valence-electron chi connectivity index (χ4n) is 2.21. The quantitative estimate of drug-likeness (QED) is 0.809. The topological polar surface area (TPSA) is 64.3 Å². The first kappa shape index (κ1) is 12.5. The molecule has 0 spiro atoms. The molecule has 1 aromatic heterocycles. The van der Waals surface area contributed by atoms with Crippen molar-refractivity contribution in [1.29, 1.82) is 0 Å². The van der Waals surface area contributed by atoms with Crippen LogP contribution in [-0.4, -0.2) is 40.2 Å². The molecule has 5 nitrogen and oxygen atoms in total. The Hall–Kier alpha value is -0.910. The first-order valence-electron chi connectivity index (χ1n) is 5.69. The summed E-state index contributed by atoms with van der Waals surface area (Å²) in [5.41, 5.74) is 6.49. The summed E-state index contributed by atoms with van der Waals surface area (Å²) in [7, 11) is 0. The molecule has 1 fully saturated rings. The van der Waals surface area contributed by atoms with Crippen LogP contribution < -0.4 is 5.73 Å². The predicted molar refractivity (Wildman–Crippen MR) is 66.7 cm³/mol. The molecule has 2 rings (SSSR count). The summed E-state index contributed by atoms with van der Waals surface area (Å²) in [6, 6.07) is 1.76. The van der Waals surface area contributed by atoms with Gasteiger partial charge in [-0.05, 0) is 25.4 Å².